The van der Waals surface area contributed by atoms with Crippen LogP contribution in [0.1, 0.15) is 44.9 Å². The van der Waals surface area contributed by atoms with Crippen LogP contribution in [0, 0.1) is 5.41 Å². The molecular weight excluding hydrogens is 188 g/mol. The Labute approximate surface area is 92.3 Å². The van der Waals surface area contributed by atoms with Crippen molar-refractivity contribution in [3.05, 3.63) is 0 Å². The topological polar surface area (TPSA) is 36.3 Å². The summed E-state index contributed by atoms with van der Waals surface area (Å²) in [5, 5.41) is 7.85. The zero-order chi connectivity index (χ0) is 10.5. The first-order valence-corrected chi connectivity index (χ1v) is 6.30. The van der Waals surface area contributed by atoms with Gasteiger partial charge in [-0.1, -0.05) is 0 Å². The van der Waals surface area contributed by atoms with Crippen molar-refractivity contribution in [3.8, 4) is 0 Å². The summed E-state index contributed by atoms with van der Waals surface area (Å²) < 4.78 is 5.71. The lowest BCUT2D eigenvalue weighted by molar-refractivity contribution is 0.00808. The molecule has 1 N–H and O–H groups in total. The number of rotatable bonds is 3. The lowest BCUT2D eigenvalue weighted by Crippen LogP contribution is -2.37. The predicted molar refractivity (Wildman–Crippen MR) is 61.4 cm³/mol. The summed E-state index contributed by atoms with van der Waals surface area (Å²) in [6.07, 6.45) is 8.80. The minimum atomic E-state index is 0.466. The Hall–Kier alpha value is -0.570. The summed E-state index contributed by atoms with van der Waals surface area (Å²) in [4.78, 5) is 2.24. The number of hydrogen-bond acceptors (Lipinski definition) is 2. The van der Waals surface area contributed by atoms with Gasteiger partial charge in [0.15, 0.2) is 0 Å². The Balaban J connectivity index is 1.69. The van der Waals surface area contributed by atoms with E-state index in [1.807, 2.05) is 0 Å². The molecular formula is C12H22N2O. The maximum Gasteiger partial charge on any atom is 0.0957 e. The maximum atomic E-state index is 7.85. The van der Waals surface area contributed by atoms with Crippen LogP contribution in [-0.2, 0) is 4.74 Å². The molecule has 0 aromatic heterocycles. The van der Waals surface area contributed by atoms with E-state index in [1.54, 1.807) is 0 Å². The number of likely N-dealkylation sites (tertiary alicyclic amines) is 1. The largest absolute Gasteiger partial charge is 0.378 e. The highest BCUT2D eigenvalue weighted by Gasteiger charge is 2.18. The van der Waals surface area contributed by atoms with E-state index in [0.29, 0.717) is 6.10 Å². The second kappa shape index (κ2) is 5.50. The van der Waals surface area contributed by atoms with Crippen LogP contribution in [-0.4, -0.2) is 36.5 Å². The van der Waals surface area contributed by atoms with Crippen molar-refractivity contribution in [2.75, 3.05) is 19.7 Å². The molecule has 2 heterocycles. The average Bonchev–Trinajstić information content (AvgIpc) is 2.29. The lowest BCUT2D eigenvalue weighted by atomic mass is 10.0. The van der Waals surface area contributed by atoms with E-state index in [2.05, 4.69) is 4.90 Å². The van der Waals surface area contributed by atoms with Gasteiger partial charge in [0.1, 0.15) is 0 Å². The van der Waals surface area contributed by atoms with Crippen molar-refractivity contribution in [1.29, 1.82) is 5.41 Å². The highest BCUT2D eigenvalue weighted by Crippen LogP contribution is 2.17. The molecule has 3 heteroatoms. The Morgan fingerprint density at radius 2 is 2.20 bits per heavy atom. The van der Waals surface area contributed by atoms with Gasteiger partial charge >= 0.3 is 0 Å². The van der Waals surface area contributed by atoms with Gasteiger partial charge in [0, 0.05) is 26.1 Å². The Morgan fingerprint density at radius 3 is 2.93 bits per heavy atom. The summed E-state index contributed by atoms with van der Waals surface area (Å²) in [6.45, 7) is 3.07. The predicted octanol–water partition coefficient (Wildman–Crippen LogP) is 2.41. The molecule has 2 aliphatic heterocycles. The van der Waals surface area contributed by atoms with Crippen LogP contribution in [0.5, 0.6) is 0 Å². The third kappa shape index (κ3) is 3.20. The first kappa shape index (κ1) is 10.9. The van der Waals surface area contributed by atoms with Crippen LogP contribution in [0.4, 0.5) is 0 Å². The van der Waals surface area contributed by atoms with Gasteiger partial charge in [-0.15, -0.1) is 0 Å². The van der Waals surface area contributed by atoms with Crippen molar-refractivity contribution >= 4 is 5.84 Å². The van der Waals surface area contributed by atoms with Crippen molar-refractivity contribution in [2.24, 2.45) is 0 Å². The van der Waals surface area contributed by atoms with Crippen LogP contribution < -0.4 is 0 Å². The van der Waals surface area contributed by atoms with E-state index >= 15 is 0 Å². The van der Waals surface area contributed by atoms with E-state index < -0.39 is 0 Å². The monoisotopic (exact) mass is 210 g/mol. The minimum Gasteiger partial charge on any atom is -0.378 e. The number of nitrogens with one attached hydrogen (secondary N) is 1. The zero-order valence-corrected chi connectivity index (χ0v) is 9.50. The second-order valence-electron chi connectivity index (χ2n) is 4.67. The molecule has 0 amide bonds. The first-order chi connectivity index (χ1) is 7.36. The molecule has 0 radical (unpaired) electrons. The third-order valence-corrected chi connectivity index (χ3v) is 3.47. The molecule has 15 heavy (non-hydrogen) atoms. The van der Waals surface area contributed by atoms with Crippen molar-refractivity contribution in [3.63, 3.8) is 0 Å². The van der Waals surface area contributed by atoms with Crippen LogP contribution in [0.25, 0.3) is 0 Å². The fraction of sp³-hybridized carbons (Fsp3) is 0.917. The Kier molecular flexibility index (Phi) is 4.01. The van der Waals surface area contributed by atoms with E-state index in [9.17, 15) is 0 Å². The molecule has 0 aromatic carbocycles. The molecule has 3 nitrogen and oxygen atoms in total. The molecule has 0 saturated carbocycles. The summed E-state index contributed by atoms with van der Waals surface area (Å²) in [5.41, 5.74) is 0. The van der Waals surface area contributed by atoms with Gasteiger partial charge < -0.3 is 9.64 Å². The smallest absolute Gasteiger partial charge is 0.0957 e. The van der Waals surface area contributed by atoms with E-state index in [1.165, 1.54) is 32.1 Å². The molecule has 86 valence electrons. The number of piperidine rings is 1. The number of ether oxygens (including phenoxy) is 1. The number of hydrogen-bond donors (Lipinski definition) is 1. The third-order valence-electron chi connectivity index (χ3n) is 3.47. The van der Waals surface area contributed by atoms with Crippen LogP contribution in [0.2, 0.25) is 0 Å². The summed E-state index contributed by atoms with van der Waals surface area (Å²) in [5.74, 6) is 0.844. The standard InChI is InChI=1S/C12H22N2O/c13-12-6-1-3-8-14(12)9-7-11-5-2-4-10-15-11/h11,13H,1-10H2. The van der Waals surface area contributed by atoms with Gasteiger partial charge in [-0.2, -0.15) is 0 Å². The summed E-state index contributed by atoms with van der Waals surface area (Å²) >= 11 is 0. The van der Waals surface area contributed by atoms with Gasteiger partial charge in [0.25, 0.3) is 0 Å². The van der Waals surface area contributed by atoms with E-state index in [-0.39, 0.29) is 0 Å². The van der Waals surface area contributed by atoms with Crippen LogP contribution in [0.3, 0.4) is 0 Å². The molecule has 0 aliphatic carbocycles. The molecule has 1 atom stereocenters. The molecule has 1 unspecified atom stereocenters. The maximum absolute atomic E-state index is 7.85. The fourth-order valence-corrected chi connectivity index (χ4v) is 2.47. The molecule has 2 fully saturated rings. The normalized spacial score (nSPS) is 28.1. The Bertz CT molecular complexity index is 212. The van der Waals surface area contributed by atoms with Gasteiger partial charge in [-0.25, -0.2) is 0 Å². The highest BCUT2D eigenvalue weighted by atomic mass is 16.5. The van der Waals surface area contributed by atoms with Gasteiger partial charge in [-0.05, 0) is 38.5 Å². The average molecular weight is 210 g/mol. The van der Waals surface area contributed by atoms with E-state index in [4.69, 9.17) is 10.1 Å². The molecule has 0 bridgehead atoms. The highest BCUT2D eigenvalue weighted by molar-refractivity contribution is 5.79. The SMILES string of the molecule is N=C1CCCCN1CCC1CCCCO1. The summed E-state index contributed by atoms with van der Waals surface area (Å²) in [6, 6.07) is 0. The van der Waals surface area contributed by atoms with Crippen molar-refractivity contribution < 1.29 is 4.74 Å². The quantitative estimate of drug-likeness (QED) is 0.776. The fourth-order valence-electron chi connectivity index (χ4n) is 2.47. The van der Waals surface area contributed by atoms with Crippen LogP contribution >= 0.6 is 0 Å². The molecule has 0 aromatic rings. The molecule has 2 aliphatic rings. The molecule has 2 rings (SSSR count). The zero-order valence-electron chi connectivity index (χ0n) is 9.50. The second-order valence-corrected chi connectivity index (χ2v) is 4.67. The van der Waals surface area contributed by atoms with Gasteiger partial charge in [-0.3, -0.25) is 5.41 Å². The Morgan fingerprint density at radius 1 is 1.27 bits per heavy atom. The van der Waals surface area contributed by atoms with E-state index in [0.717, 1.165) is 38.4 Å². The van der Waals surface area contributed by atoms with Gasteiger partial charge in [0.2, 0.25) is 0 Å². The number of nitrogens with zero attached hydrogens (tertiary/aromatic N) is 1. The minimum absolute atomic E-state index is 0.466. The lowest BCUT2D eigenvalue weighted by Gasteiger charge is -2.31. The summed E-state index contributed by atoms with van der Waals surface area (Å²) in [7, 11) is 0. The van der Waals surface area contributed by atoms with Crippen molar-refractivity contribution in [1.82, 2.24) is 4.90 Å². The van der Waals surface area contributed by atoms with Crippen LogP contribution in [0.15, 0.2) is 0 Å². The number of amidine groups is 1. The van der Waals surface area contributed by atoms with Crippen molar-refractivity contribution in [2.45, 2.75) is 51.0 Å². The first-order valence-electron chi connectivity index (χ1n) is 6.30. The molecule has 0 spiro atoms. The molecule has 2 saturated heterocycles. The van der Waals surface area contributed by atoms with Gasteiger partial charge in [0.05, 0.1) is 11.9 Å².